The van der Waals surface area contributed by atoms with Crippen LogP contribution in [0.3, 0.4) is 0 Å². The quantitative estimate of drug-likeness (QED) is 0.633. The second kappa shape index (κ2) is 5.85. The first kappa shape index (κ1) is 16.5. The normalized spacial score (nSPS) is 24.1. The number of hydrogen-bond donors (Lipinski definition) is 3. The molecule has 1 aliphatic rings. The Morgan fingerprint density at radius 1 is 0.850 bits per heavy atom. The molecule has 0 saturated carbocycles. The van der Waals surface area contributed by atoms with Gasteiger partial charge in [-0.2, -0.15) is 26.3 Å². The molecule has 0 bridgehead atoms. The van der Waals surface area contributed by atoms with Gasteiger partial charge in [0, 0.05) is 25.2 Å². The molecule has 20 heavy (non-hydrogen) atoms. The van der Waals surface area contributed by atoms with Gasteiger partial charge in [0.15, 0.2) is 0 Å². The number of carbonyl (C=O) groups excluding carboxylic acids is 2. The molecule has 11 heteroatoms. The van der Waals surface area contributed by atoms with Crippen LogP contribution in [0.1, 0.15) is 6.42 Å². The van der Waals surface area contributed by atoms with E-state index in [4.69, 9.17) is 0 Å². The average molecular weight is 307 g/mol. The van der Waals surface area contributed by atoms with E-state index >= 15 is 0 Å². The third-order valence-corrected chi connectivity index (χ3v) is 2.54. The minimum absolute atomic E-state index is 0.0276. The van der Waals surface area contributed by atoms with Gasteiger partial charge in [0.05, 0.1) is 0 Å². The van der Waals surface area contributed by atoms with Crippen LogP contribution in [0.2, 0.25) is 0 Å². The lowest BCUT2D eigenvalue weighted by Crippen LogP contribution is -2.58. The zero-order valence-electron chi connectivity index (χ0n) is 9.86. The van der Waals surface area contributed by atoms with E-state index in [2.05, 4.69) is 5.32 Å². The van der Waals surface area contributed by atoms with Crippen LogP contribution < -0.4 is 16.0 Å². The summed E-state index contributed by atoms with van der Waals surface area (Å²) in [6, 6.07) is -2.03. The molecule has 0 aromatic heterocycles. The highest BCUT2D eigenvalue weighted by molar-refractivity contribution is 5.82. The lowest BCUT2D eigenvalue weighted by molar-refractivity contribution is -0.175. The monoisotopic (exact) mass is 307 g/mol. The molecular formula is C9H11F6N3O2. The third kappa shape index (κ3) is 4.87. The predicted octanol–water partition coefficient (Wildman–Crippen LogP) is 0.0739. The molecule has 1 rings (SSSR count). The second-order valence-corrected chi connectivity index (χ2v) is 4.23. The number of piperidine rings is 1. The van der Waals surface area contributed by atoms with Crippen molar-refractivity contribution >= 4 is 11.8 Å². The second-order valence-electron chi connectivity index (χ2n) is 4.23. The lowest BCUT2D eigenvalue weighted by Gasteiger charge is -2.31. The minimum atomic E-state index is -5.07. The molecule has 2 unspecified atom stereocenters. The molecule has 2 amide bonds. The fourth-order valence-electron chi connectivity index (χ4n) is 1.70. The molecule has 2 atom stereocenters. The van der Waals surface area contributed by atoms with Gasteiger partial charge in [-0.05, 0) is 6.42 Å². The Hall–Kier alpha value is -1.52. The van der Waals surface area contributed by atoms with Gasteiger partial charge in [0.1, 0.15) is 0 Å². The van der Waals surface area contributed by atoms with E-state index in [1.807, 2.05) is 0 Å². The van der Waals surface area contributed by atoms with E-state index in [1.165, 1.54) is 0 Å². The van der Waals surface area contributed by atoms with Crippen molar-refractivity contribution in [3.8, 4) is 0 Å². The van der Waals surface area contributed by atoms with Gasteiger partial charge in [-0.15, -0.1) is 0 Å². The number of amides is 2. The van der Waals surface area contributed by atoms with Crippen molar-refractivity contribution in [3.63, 3.8) is 0 Å². The van der Waals surface area contributed by atoms with Crippen LogP contribution in [0.25, 0.3) is 0 Å². The third-order valence-electron chi connectivity index (χ3n) is 2.54. The van der Waals surface area contributed by atoms with Crippen LogP contribution in [0, 0.1) is 0 Å². The number of alkyl halides is 6. The summed E-state index contributed by atoms with van der Waals surface area (Å²) in [7, 11) is 0. The molecule has 1 fully saturated rings. The topological polar surface area (TPSA) is 70.2 Å². The molecule has 0 aromatic carbocycles. The van der Waals surface area contributed by atoms with Gasteiger partial charge >= 0.3 is 24.2 Å². The highest BCUT2D eigenvalue weighted by Crippen LogP contribution is 2.17. The van der Waals surface area contributed by atoms with E-state index in [1.54, 1.807) is 10.6 Å². The summed E-state index contributed by atoms with van der Waals surface area (Å²) in [5.41, 5.74) is 0. The summed E-state index contributed by atoms with van der Waals surface area (Å²) in [4.78, 5) is 21.4. The number of carbonyl (C=O) groups is 2. The van der Waals surface area contributed by atoms with Crippen molar-refractivity contribution in [1.82, 2.24) is 16.0 Å². The summed E-state index contributed by atoms with van der Waals surface area (Å²) in [5.74, 6) is -4.35. The van der Waals surface area contributed by atoms with Crippen molar-refractivity contribution in [3.05, 3.63) is 0 Å². The molecular weight excluding hydrogens is 296 g/mol. The van der Waals surface area contributed by atoms with Crippen LogP contribution in [-0.2, 0) is 9.59 Å². The van der Waals surface area contributed by atoms with Gasteiger partial charge in [0.2, 0.25) is 0 Å². The molecule has 1 heterocycles. The maximum absolute atomic E-state index is 12.0. The zero-order chi connectivity index (χ0) is 15.6. The summed E-state index contributed by atoms with van der Waals surface area (Å²) in [6.45, 7) is -0.0551. The summed E-state index contributed by atoms with van der Waals surface area (Å²) in [6.07, 6.45) is -10.4. The molecule has 0 aromatic rings. The van der Waals surface area contributed by atoms with Crippen molar-refractivity contribution in [2.45, 2.75) is 30.9 Å². The van der Waals surface area contributed by atoms with Gasteiger partial charge in [-0.25, -0.2) is 0 Å². The Labute approximate surface area is 109 Å². The minimum Gasteiger partial charge on any atom is -0.344 e. The Balaban J connectivity index is 2.51. The number of hydrogen-bond acceptors (Lipinski definition) is 3. The summed E-state index contributed by atoms with van der Waals surface area (Å²) in [5, 5.41) is 5.82. The molecule has 1 aliphatic heterocycles. The molecule has 116 valence electrons. The smallest absolute Gasteiger partial charge is 0.344 e. The van der Waals surface area contributed by atoms with Gasteiger partial charge in [-0.1, -0.05) is 0 Å². The molecule has 0 radical (unpaired) electrons. The fraction of sp³-hybridized carbons (Fsp3) is 0.778. The summed E-state index contributed by atoms with van der Waals surface area (Å²) >= 11 is 0. The molecule has 5 nitrogen and oxygen atoms in total. The average Bonchev–Trinajstić information content (AvgIpc) is 2.26. The van der Waals surface area contributed by atoms with E-state index in [0.717, 1.165) is 0 Å². The predicted molar refractivity (Wildman–Crippen MR) is 53.5 cm³/mol. The van der Waals surface area contributed by atoms with Crippen molar-refractivity contribution in [1.29, 1.82) is 0 Å². The molecule has 0 aliphatic carbocycles. The Bertz CT molecular complexity index is 347. The highest BCUT2D eigenvalue weighted by Gasteiger charge is 2.42. The van der Waals surface area contributed by atoms with E-state index < -0.39 is 36.3 Å². The summed E-state index contributed by atoms with van der Waals surface area (Å²) < 4.78 is 72.1. The lowest BCUT2D eigenvalue weighted by atomic mass is 10.0. The van der Waals surface area contributed by atoms with Crippen LogP contribution in [-0.4, -0.2) is 49.3 Å². The largest absolute Gasteiger partial charge is 0.471 e. The highest BCUT2D eigenvalue weighted by atomic mass is 19.4. The number of halogens is 6. The number of rotatable bonds is 2. The van der Waals surface area contributed by atoms with E-state index in [9.17, 15) is 35.9 Å². The van der Waals surface area contributed by atoms with Crippen LogP contribution in [0.4, 0.5) is 26.3 Å². The maximum Gasteiger partial charge on any atom is 0.471 e. The van der Waals surface area contributed by atoms with Crippen molar-refractivity contribution < 1.29 is 35.9 Å². The van der Waals surface area contributed by atoms with Crippen LogP contribution in [0.15, 0.2) is 0 Å². The standard InChI is InChI=1S/C9H11F6N3O2/c10-8(11,12)6(19)17-4-1-5(3-16-2-4)18-7(20)9(13,14)15/h4-5,16H,1-3H2,(H,17,19)(H,18,20). The molecule has 0 spiro atoms. The number of nitrogens with one attached hydrogen (secondary N) is 3. The zero-order valence-corrected chi connectivity index (χ0v) is 9.86. The van der Waals surface area contributed by atoms with Gasteiger partial charge in [-0.3, -0.25) is 9.59 Å². The van der Waals surface area contributed by atoms with Gasteiger partial charge in [0.25, 0.3) is 0 Å². The SMILES string of the molecule is O=C(NC1CNCC(NC(=O)C(F)(F)F)C1)C(F)(F)F. The maximum atomic E-state index is 12.0. The van der Waals surface area contributed by atoms with Crippen molar-refractivity contribution in [2.24, 2.45) is 0 Å². The Morgan fingerprint density at radius 2 is 1.20 bits per heavy atom. The Kier molecular flexibility index (Phi) is 4.84. The van der Waals surface area contributed by atoms with Crippen molar-refractivity contribution in [2.75, 3.05) is 13.1 Å². The first-order valence-corrected chi connectivity index (χ1v) is 5.46. The van der Waals surface area contributed by atoms with E-state index in [0.29, 0.717) is 0 Å². The first-order chi connectivity index (χ1) is 9.00. The fourth-order valence-corrected chi connectivity index (χ4v) is 1.70. The van der Waals surface area contributed by atoms with Crippen LogP contribution >= 0.6 is 0 Å². The van der Waals surface area contributed by atoms with E-state index in [-0.39, 0.29) is 19.5 Å². The van der Waals surface area contributed by atoms with Crippen LogP contribution in [0.5, 0.6) is 0 Å². The molecule has 1 saturated heterocycles. The molecule has 3 N–H and O–H groups in total. The Morgan fingerprint density at radius 3 is 1.50 bits per heavy atom. The van der Waals surface area contributed by atoms with Gasteiger partial charge < -0.3 is 16.0 Å². The first-order valence-electron chi connectivity index (χ1n) is 5.46.